The van der Waals surface area contributed by atoms with Gasteiger partial charge in [-0.15, -0.1) is 0 Å². The Labute approximate surface area is 56.4 Å². The van der Waals surface area contributed by atoms with Crippen LogP contribution in [0.4, 0.5) is 0 Å². The molecule has 0 atom stereocenters. The fourth-order valence-electron chi connectivity index (χ4n) is 0.431. The maximum atomic E-state index is 3.67. The van der Waals surface area contributed by atoms with E-state index in [1.807, 2.05) is 0 Å². The van der Waals surface area contributed by atoms with Gasteiger partial charge >= 0.3 is 0 Å². The molecule has 0 nitrogen and oxygen atoms in total. The summed E-state index contributed by atoms with van der Waals surface area (Å²) in [6, 6.07) is 0. The van der Waals surface area contributed by atoms with E-state index < -0.39 is 0 Å². The zero-order valence-corrected chi connectivity index (χ0v) is 6.42. The lowest BCUT2D eigenvalue weighted by molar-refractivity contribution is 1.19. The summed E-state index contributed by atoms with van der Waals surface area (Å²) in [6.45, 7) is 4.24. The fourth-order valence-corrected chi connectivity index (χ4v) is 0.715. The summed E-state index contributed by atoms with van der Waals surface area (Å²) in [5.74, 6) is 1.14. The molecule has 0 aromatic carbocycles. The first kappa shape index (κ1) is 8.09. The van der Waals surface area contributed by atoms with Crippen molar-refractivity contribution in [1.82, 2.24) is 0 Å². The summed E-state index contributed by atoms with van der Waals surface area (Å²) >= 11 is 1.65. The van der Waals surface area contributed by atoms with Crippen molar-refractivity contribution in [2.24, 2.45) is 0 Å². The van der Waals surface area contributed by atoms with E-state index in [4.69, 9.17) is 0 Å². The highest BCUT2D eigenvalue weighted by Crippen LogP contribution is 2.00. The fraction of sp³-hybridized carbons (Fsp3) is 0.571. The molecule has 1 heteroatoms. The maximum absolute atomic E-state index is 3.67. The van der Waals surface area contributed by atoms with Crippen LogP contribution in [-0.2, 0) is 0 Å². The summed E-state index contributed by atoms with van der Waals surface area (Å²) in [5.41, 5.74) is 1.40. The molecule has 0 spiro atoms. The average molecular weight is 129 g/mol. The van der Waals surface area contributed by atoms with Crippen LogP contribution in [-0.4, -0.2) is 5.75 Å². The Morgan fingerprint density at radius 2 is 2.25 bits per heavy atom. The Morgan fingerprint density at radius 1 is 1.62 bits per heavy atom. The van der Waals surface area contributed by atoms with Crippen molar-refractivity contribution in [1.29, 1.82) is 0 Å². The number of hydrogen-bond acceptors (Lipinski definition) is 1. The maximum Gasteiger partial charge on any atom is 0.00237 e. The molecule has 0 aliphatic carbocycles. The van der Waals surface area contributed by atoms with Gasteiger partial charge in [-0.2, -0.15) is 11.8 Å². The van der Waals surface area contributed by atoms with Gasteiger partial charge in [-0.1, -0.05) is 11.6 Å². The van der Waals surface area contributed by atoms with Crippen molar-refractivity contribution in [3.05, 3.63) is 17.9 Å². The Hall–Kier alpha value is 0.0900. The quantitative estimate of drug-likeness (QED) is 0.417. The summed E-state index contributed by atoms with van der Waals surface area (Å²) in [4.78, 5) is 0. The molecule has 0 aliphatic rings. The summed E-state index contributed by atoms with van der Waals surface area (Å²) < 4.78 is 0. The van der Waals surface area contributed by atoms with Crippen LogP contribution in [0.3, 0.4) is 0 Å². The van der Waals surface area contributed by atoms with E-state index in [9.17, 15) is 0 Å². The number of rotatable bonds is 3. The molecule has 0 amide bonds. The molecule has 0 aromatic rings. The monoisotopic (exact) mass is 129 g/mol. The molecule has 0 rings (SSSR count). The molecule has 47 valence electrons. The van der Waals surface area contributed by atoms with Crippen LogP contribution >= 0.6 is 11.8 Å². The van der Waals surface area contributed by atoms with Gasteiger partial charge in [0.05, 0.1) is 0 Å². The van der Waals surface area contributed by atoms with Crippen molar-refractivity contribution in [3.8, 4) is 0 Å². The molecule has 0 fully saturated rings. The van der Waals surface area contributed by atoms with Crippen LogP contribution < -0.4 is 0 Å². The minimum Gasteiger partial charge on any atom is -0.161 e. The summed E-state index contributed by atoms with van der Waals surface area (Å²) in [7, 11) is 0. The van der Waals surface area contributed by atoms with Gasteiger partial charge in [0.2, 0.25) is 0 Å². The van der Waals surface area contributed by atoms with Crippen LogP contribution in [0.2, 0.25) is 0 Å². The van der Waals surface area contributed by atoms with Crippen LogP contribution in [0.1, 0.15) is 20.3 Å². The van der Waals surface area contributed by atoms with Gasteiger partial charge in [0, 0.05) is 6.26 Å². The van der Waals surface area contributed by atoms with E-state index in [-0.39, 0.29) is 0 Å². The highest BCUT2D eigenvalue weighted by Gasteiger charge is 1.78. The smallest absolute Gasteiger partial charge is 0.00237 e. The molecule has 8 heavy (non-hydrogen) atoms. The highest BCUT2D eigenvalue weighted by molar-refractivity contribution is 8.00. The molecule has 0 bridgehead atoms. The van der Waals surface area contributed by atoms with Gasteiger partial charge in [0.15, 0.2) is 0 Å². The molecular weight excluding hydrogens is 116 g/mol. The molecule has 0 saturated heterocycles. The van der Waals surface area contributed by atoms with Crippen molar-refractivity contribution < 1.29 is 0 Å². The van der Waals surface area contributed by atoms with Gasteiger partial charge < -0.3 is 0 Å². The average Bonchev–Trinajstić information content (AvgIpc) is 1.66. The highest BCUT2D eigenvalue weighted by atomic mass is 32.2. The number of allylic oxidation sites excluding steroid dienone is 2. The largest absolute Gasteiger partial charge is 0.161 e. The van der Waals surface area contributed by atoms with Gasteiger partial charge in [-0.25, -0.2) is 0 Å². The van der Waals surface area contributed by atoms with Crippen molar-refractivity contribution >= 4 is 11.8 Å². The molecule has 0 heterocycles. The Morgan fingerprint density at radius 3 is 2.62 bits per heavy atom. The van der Waals surface area contributed by atoms with Gasteiger partial charge in [-0.05, 0) is 26.0 Å². The normalized spacial score (nSPS) is 8.88. The molecule has 0 aromatic heterocycles. The molecular formula is C7H13S. The Kier molecular flexibility index (Phi) is 5.29. The minimum atomic E-state index is 1.14. The van der Waals surface area contributed by atoms with E-state index in [1.54, 1.807) is 11.8 Å². The second-order valence-corrected chi connectivity index (χ2v) is 2.79. The predicted molar refractivity (Wildman–Crippen MR) is 41.9 cm³/mol. The zero-order chi connectivity index (χ0) is 6.41. The first-order chi connectivity index (χ1) is 3.77. The SMILES string of the molecule is [CH2]SCCC=C(C)C. The van der Waals surface area contributed by atoms with Gasteiger partial charge in [0.1, 0.15) is 0 Å². The standard InChI is InChI=1S/C7H13S/c1-7(2)5-4-6-8-3/h5H,3-4,6H2,1-2H3. The molecule has 0 aliphatic heterocycles. The lowest BCUT2D eigenvalue weighted by Crippen LogP contribution is -1.71. The molecule has 0 N–H and O–H groups in total. The lowest BCUT2D eigenvalue weighted by Gasteiger charge is -1.88. The summed E-state index contributed by atoms with van der Waals surface area (Å²) in [6.07, 6.45) is 7.07. The van der Waals surface area contributed by atoms with E-state index in [2.05, 4.69) is 26.2 Å². The van der Waals surface area contributed by atoms with Crippen molar-refractivity contribution in [2.75, 3.05) is 5.75 Å². The first-order valence-corrected chi connectivity index (χ1v) is 3.93. The topological polar surface area (TPSA) is 0 Å². The lowest BCUT2D eigenvalue weighted by atomic mass is 10.3. The molecule has 0 unspecified atom stereocenters. The van der Waals surface area contributed by atoms with Gasteiger partial charge in [-0.3, -0.25) is 0 Å². The zero-order valence-electron chi connectivity index (χ0n) is 5.61. The van der Waals surface area contributed by atoms with E-state index >= 15 is 0 Å². The van der Waals surface area contributed by atoms with Crippen LogP contribution in [0.15, 0.2) is 11.6 Å². The third kappa shape index (κ3) is 6.09. The first-order valence-electron chi connectivity index (χ1n) is 2.77. The van der Waals surface area contributed by atoms with Crippen LogP contribution in [0.25, 0.3) is 0 Å². The van der Waals surface area contributed by atoms with Crippen molar-refractivity contribution in [2.45, 2.75) is 20.3 Å². The summed E-state index contributed by atoms with van der Waals surface area (Å²) in [5, 5.41) is 0. The molecule has 1 radical (unpaired) electrons. The van der Waals surface area contributed by atoms with E-state index in [0.29, 0.717) is 0 Å². The third-order valence-electron chi connectivity index (χ3n) is 0.815. The van der Waals surface area contributed by atoms with E-state index in [0.717, 1.165) is 12.2 Å². The van der Waals surface area contributed by atoms with Gasteiger partial charge in [0.25, 0.3) is 0 Å². The number of thioether (sulfide) groups is 1. The Balaban J connectivity index is 3.03. The number of hydrogen-bond donors (Lipinski definition) is 0. The second-order valence-electron chi connectivity index (χ2n) is 1.98. The minimum absolute atomic E-state index is 1.14. The van der Waals surface area contributed by atoms with Crippen LogP contribution in [0, 0.1) is 6.26 Å². The second kappa shape index (κ2) is 5.23. The van der Waals surface area contributed by atoms with Crippen molar-refractivity contribution in [3.63, 3.8) is 0 Å². The third-order valence-corrected chi connectivity index (χ3v) is 1.34. The predicted octanol–water partition coefficient (Wildman–Crippen LogP) is 2.87. The van der Waals surface area contributed by atoms with E-state index in [1.165, 1.54) is 5.57 Å². The van der Waals surface area contributed by atoms with Crippen LogP contribution in [0.5, 0.6) is 0 Å². The Bertz CT molecular complexity index is 70.5. The molecule has 0 saturated carbocycles.